The lowest BCUT2D eigenvalue weighted by atomic mass is 10.0. The van der Waals surface area contributed by atoms with E-state index in [1.807, 2.05) is 0 Å². The van der Waals surface area contributed by atoms with Crippen molar-refractivity contribution in [2.45, 2.75) is 25.4 Å². The van der Waals surface area contributed by atoms with Gasteiger partial charge in [0, 0.05) is 6.54 Å². The molecule has 1 aromatic carbocycles. The van der Waals surface area contributed by atoms with Crippen LogP contribution in [0.15, 0.2) is 24.3 Å². The molecular weight excluding hydrogens is 298 g/mol. The maximum absolute atomic E-state index is 12.7. The third-order valence-electron chi connectivity index (χ3n) is 2.70. The second-order valence-corrected chi connectivity index (χ2v) is 6.41. The lowest BCUT2D eigenvalue weighted by Gasteiger charge is -2.14. The number of hydrogen-bond donors (Lipinski definition) is 1. The molecule has 0 saturated heterocycles. The summed E-state index contributed by atoms with van der Waals surface area (Å²) in [5.74, 6) is -1.67. The lowest BCUT2D eigenvalue weighted by molar-refractivity contribution is -0.129. The van der Waals surface area contributed by atoms with Crippen LogP contribution in [-0.2, 0) is 10.0 Å². The Labute approximate surface area is 115 Å². The van der Waals surface area contributed by atoms with E-state index in [0.717, 1.165) is 0 Å². The van der Waals surface area contributed by atoms with Gasteiger partial charge in [-0.1, -0.05) is 19.1 Å². The van der Waals surface area contributed by atoms with Gasteiger partial charge in [0.1, 0.15) is 5.82 Å². The third-order valence-corrected chi connectivity index (χ3v) is 4.05. The van der Waals surface area contributed by atoms with Crippen LogP contribution in [0.5, 0.6) is 0 Å². The van der Waals surface area contributed by atoms with Gasteiger partial charge in [0.15, 0.2) is 0 Å². The number of rotatable bonds is 6. The first-order valence-corrected chi connectivity index (χ1v) is 7.54. The minimum Gasteiger partial charge on any atom is -0.215 e. The number of nitrogens with one attached hydrogen (secondary N) is 1. The zero-order chi connectivity index (χ0) is 15.4. The number of hydrogen-bond acceptors (Lipinski definition) is 2. The van der Waals surface area contributed by atoms with Gasteiger partial charge >= 0.3 is 6.18 Å². The van der Waals surface area contributed by atoms with Crippen LogP contribution in [0.4, 0.5) is 17.6 Å². The lowest BCUT2D eigenvalue weighted by Crippen LogP contribution is -2.31. The molecule has 0 heterocycles. The van der Waals surface area contributed by atoms with Crippen molar-refractivity contribution in [3.8, 4) is 0 Å². The van der Waals surface area contributed by atoms with Gasteiger partial charge in [0.05, 0.1) is 12.2 Å². The molecule has 0 aromatic heterocycles. The van der Waals surface area contributed by atoms with E-state index in [1.165, 1.54) is 24.3 Å². The number of benzene rings is 1. The summed E-state index contributed by atoms with van der Waals surface area (Å²) in [5.41, 5.74) is 0.699. The van der Waals surface area contributed by atoms with Crippen molar-refractivity contribution in [1.82, 2.24) is 4.72 Å². The molecule has 20 heavy (non-hydrogen) atoms. The fraction of sp³-hybridized carbons (Fsp3) is 0.500. The summed E-state index contributed by atoms with van der Waals surface area (Å²) < 4.78 is 73.5. The Morgan fingerprint density at radius 3 is 2.25 bits per heavy atom. The van der Waals surface area contributed by atoms with E-state index >= 15 is 0 Å². The van der Waals surface area contributed by atoms with Gasteiger partial charge in [0.25, 0.3) is 0 Å². The summed E-state index contributed by atoms with van der Waals surface area (Å²) in [5, 5.41) is 0. The Morgan fingerprint density at radius 1 is 1.20 bits per heavy atom. The summed E-state index contributed by atoms with van der Waals surface area (Å²) in [6.45, 7) is 1.66. The van der Waals surface area contributed by atoms with Gasteiger partial charge in [0.2, 0.25) is 10.0 Å². The van der Waals surface area contributed by atoms with Gasteiger partial charge in [-0.15, -0.1) is 0 Å². The molecule has 0 saturated carbocycles. The van der Waals surface area contributed by atoms with Crippen molar-refractivity contribution >= 4 is 10.0 Å². The van der Waals surface area contributed by atoms with Crippen molar-refractivity contribution in [2.24, 2.45) is 0 Å². The molecule has 1 rings (SSSR count). The highest BCUT2D eigenvalue weighted by Gasteiger charge is 2.29. The molecule has 114 valence electrons. The Kier molecular flexibility index (Phi) is 5.52. The molecule has 3 nitrogen and oxygen atoms in total. The van der Waals surface area contributed by atoms with Crippen LogP contribution < -0.4 is 4.72 Å². The zero-order valence-corrected chi connectivity index (χ0v) is 11.6. The van der Waals surface area contributed by atoms with Crippen LogP contribution in [0, 0.1) is 5.82 Å². The molecule has 0 bridgehead atoms. The fourth-order valence-electron chi connectivity index (χ4n) is 1.48. The second kappa shape index (κ2) is 6.53. The Morgan fingerprint density at radius 2 is 1.75 bits per heavy atom. The summed E-state index contributed by atoms with van der Waals surface area (Å²) in [6, 6.07) is 5.49. The average Bonchev–Trinajstić information content (AvgIpc) is 2.34. The second-order valence-electron chi connectivity index (χ2n) is 4.49. The predicted octanol–water partition coefficient (Wildman–Crippen LogP) is 2.80. The van der Waals surface area contributed by atoms with Gasteiger partial charge < -0.3 is 0 Å². The summed E-state index contributed by atoms with van der Waals surface area (Å²) in [7, 11) is -3.97. The highest BCUT2D eigenvalue weighted by Crippen LogP contribution is 2.20. The summed E-state index contributed by atoms with van der Waals surface area (Å²) >= 11 is 0. The van der Waals surface area contributed by atoms with Crippen molar-refractivity contribution < 1.29 is 26.0 Å². The third kappa shape index (κ3) is 6.33. The van der Waals surface area contributed by atoms with E-state index in [9.17, 15) is 26.0 Å². The molecule has 1 aromatic rings. The van der Waals surface area contributed by atoms with Gasteiger partial charge in [-0.2, -0.15) is 13.2 Å². The Balaban J connectivity index is 2.51. The standard InChI is InChI=1S/C12H15F4NO2S/c1-9(10-2-4-11(13)5-3-10)8-17-20(18,19)7-6-12(14,15)16/h2-5,9,17H,6-8H2,1H3. The molecule has 8 heteroatoms. The van der Waals surface area contributed by atoms with E-state index < -0.39 is 34.2 Å². The van der Waals surface area contributed by atoms with E-state index in [0.29, 0.717) is 5.56 Å². The largest absolute Gasteiger partial charge is 0.390 e. The topological polar surface area (TPSA) is 46.2 Å². The molecule has 0 amide bonds. The minimum absolute atomic E-state index is 0.0359. The smallest absolute Gasteiger partial charge is 0.215 e. The normalized spacial score (nSPS) is 14.2. The highest BCUT2D eigenvalue weighted by molar-refractivity contribution is 7.89. The van der Waals surface area contributed by atoms with Crippen LogP contribution in [-0.4, -0.2) is 26.9 Å². The average molecular weight is 313 g/mol. The number of sulfonamides is 1. The van der Waals surface area contributed by atoms with Crippen molar-refractivity contribution in [3.63, 3.8) is 0 Å². The van der Waals surface area contributed by atoms with Gasteiger partial charge in [-0.05, 0) is 23.6 Å². The molecule has 0 aliphatic heterocycles. The maximum Gasteiger partial charge on any atom is 0.390 e. The molecule has 0 aliphatic carbocycles. The predicted molar refractivity (Wildman–Crippen MR) is 67.3 cm³/mol. The van der Waals surface area contributed by atoms with Crippen LogP contribution in [0.1, 0.15) is 24.8 Å². The summed E-state index contributed by atoms with van der Waals surface area (Å²) in [6.07, 6.45) is -5.88. The van der Waals surface area contributed by atoms with Crippen LogP contribution in [0.3, 0.4) is 0 Å². The molecule has 1 unspecified atom stereocenters. The molecule has 1 N–H and O–H groups in total. The van der Waals surface area contributed by atoms with Crippen LogP contribution in [0.2, 0.25) is 0 Å². The van der Waals surface area contributed by atoms with E-state index in [-0.39, 0.29) is 12.5 Å². The monoisotopic (exact) mass is 313 g/mol. The van der Waals surface area contributed by atoms with Crippen molar-refractivity contribution in [1.29, 1.82) is 0 Å². The molecule has 0 aliphatic rings. The first-order valence-electron chi connectivity index (χ1n) is 5.88. The van der Waals surface area contributed by atoms with Gasteiger partial charge in [-0.3, -0.25) is 0 Å². The van der Waals surface area contributed by atoms with Crippen molar-refractivity contribution in [2.75, 3.05) is 12.3 Å². The minimum atomic E-state index is -4.50. The molecule has 0 radical (unpaired) electrons. The summed E-state index contributed by atoms with van der Waals surface area (Å²) in [4.78, 5) is 0. The van der Waals surface area contributed by atoms with E-state index in [2.05, 4.69) is 4.72 Å². The van der Waals surface area contributed by atoms with Crippen LogP contribution >= 0.6 is 0 Å². The number of alkyl halides is 3. The SMILES string of the molecule is CC(CNS(=O)(=O)CCC(F)(F)F)c1ccc(F)cc1. The molecular formula is C12H15F4NO2S. The quantitative estimate of drug-likeness (QED) is 0.821. The fourth-order valence-corrected chi connectivity index (χ4v) is 2.63. The first kappa shape index (κ1) is 16.9. The molecule has 0 fully saturated rings. The van der Waals surface area contributed by atoms with Crippen molar-refractivity contribution in [3.05, 3.63) is 35.6 Å². The Bertz CT molecular complexity index is 525. The van der Waals surface area contributed by atoms with E-state index in [1.54, 1.807) is 6.92 Å². The maximum atomic E-state index is 12.7. The molecule has 0 spiro atoms. The van der Waals surface area contributed by atoms with Gasteiger partial charge in [-0.25, -0.2) is 17.5 Å². The molecule has 1 atom stereocenters. The zero-order valence-electron chi connectivity index (χ0n) is 10.7. The number of halogens is 4. The van der Waals surface area contributed by atoms with Crippen LogP contribution in [0.25, 0.3) is 0 Å². The first-order chi connectivity index (χ1) is 9.09. The van der Waals surface area contributed by atoms with E-state index in [4.69, 9.17) is 0 Å². The Hall–Kier alpha value is -1.15. The highest BCUT2D eigenvalue weighted by atomic mass is 32.2.